The van der Waals surface area contributed by atoms with Gasteiger partial charge in [0.2, 0.25) is 17.7 Å². The third-order valence-electron chi connectivity index (χ3n) is 1.56. The van der Waals surface area contributed by atoms with Gasteiger partial charge in [0.15, 0.2) is 5.69 Å². The Bertz CT molecular complexity index is 331. The second-order valence-corrected chi connectivity index (χ2v) is 2.77. The van der Waals surface area contributed by atoms with E-state index in [0.717, 1.165) is 6.42 Å². The van der Waals surface area contributed by atoms with Gasteiger partial charge in [-0.05, 0) is 6.42 Å². The normalized spacial score (nSPS) is 10.0. The molecule has 84 valence electrons. The average Bonchev–Trinajstić information content (AvgIpc) is 2.21. The highest BCUT2D eigenvalue weighted by Gasteiger charge is 2.12. The van der Waals surface area contributed by atoms with Gasteiger partial charge in [-0.2, -0.15) is 9.97 Å². The molecule has 0 atom stereocenters. The molecule has 0 saturated carbocycles. The molecule has 0 unspecified atom stereocenters. The van der Waals surface area contributed by atoms with Crippen LogP contribution in [0.4, 0.5) is 11.6 Å². The van der Waals surface area contributed by atoms with E-state index in [1.165, 1.54) is 0 Å². The highest BCUT2D eigenvalue weighted by Crippen LogP contribution is 2.28. The first-order chi connectivity index (χ1) is 7.19. The Morgan fingerprint density at radius 1 is 1.13 bits per heavy atom. The Morgan fingerprint density at radius 2 is 1.73 bits per heavy atom. The topological polar surface area (TPSA) is 122 Å². The van der Waals surface area contributed by atoms with Gasteiger partial charge in [-0.25, -0.2) is 0 Å². The molecule has 15 heavy (non-hydrogen) atoms. The minimum Gasteiger partial charge on any atom is -0.476 e. The molecule has 0 aliphatic carbocycles. The van der Waals surface area contributed by atoms with E-state index in [2.05, 4.69) is 9.97 Å². The van der Waals surface area contributed by atoms with E-state index in [4.69, 9.17) is 26.7 Å². The fourth-order valence-corrected chi connectivity index (χ4v) is 0.943. The molecule has 1 aromatic rings. The molecule has 0 aromatic carbocycles. The van der Waals surface area contributed by atoms with E-state index in [1.54, 1.807) is 0 Å². The molecule has 0 aliphatic rings. The van der Waals surface area contributed by atoms with Gasteiger partial charge in [0, 0.05) is 0 Å². The summed E-state index contributed by atoms with van der Waals surface area (Å²) < 4.78 is 10.3. The van der Waals surface area contributed by atoms with E-state index >= 15 is 0 Å². The highest BCUT2D eigenvalue weighted by atomic mass is 16.5. The lowest BCUT2D eigenvalue weighted by molar-refractivity contribution is 0.294. The Labute approximate surface area is 87.6 Å². The van der Waals surface area contributed by atoms with Gasteiger partial charge in [0.1, 0.15) is 6.73 Å². The number of hydrogen-bond acceptors (Lipinski definition) is 7. The van der Waals surface area contributed by atoms with Gasteiger partial charge in [-0.3, -0.25) is 5.73 Å². The van der Waals surface area contributed by atoms with Crippen LogP contribution in [0, 0.1) is 0 Å². The number of hydrogen-bond donors (Lipinski definition) is 3. The van der Waals surface area contributed by atoms with E-state index in [1.807, 2.05) is 6.92 Å². The fraction of sp³-hybridized carbons (Fsp3) is 0.500. The maximum absolute atomic E-state index is 5.69. The number of ether oxygens (including phenoxy) is 2. The van der Waals surface area contributed by atoms with Crippen LogP contribution < -0.4 is 26.7 Å². The van der Waals surface area contributed by atoms with Crippen LogP contribution in [0.5, 0.6) is 11.8 Å². The fourth-order valence-electron chi connectivity index (χ4n) is 0.943. The number of rotatable bonds is 5. The van der Waals surface area contributed by atoms with Gasteiger partial charge in [0.05, 0.1) is 6.61 Å². The van der Waals surface area contributed by atoms with E-state index < -0.39 is 0 Å². The first kappa shape index (κ1) is 11.3. The summed E-state index contributed by atoms with van der Waals surface area (Å²) in [5.41, 5.74) is 16.6. The molecule has 0 aliphatic heterocycles. The van der Waals surface area contributed by atoms with Crippen LogP contribution in [0.1, 0.15) is 13.3 Å². The second kappa shape index (κ2) is 5.20. The summed E-state index contributed by atoms with van der Waals surface area (Å²) in [5, 5.41) is 0. The summed E-state index contributed by atoms with van der Waals surface area (Å²) in [4.78, 5) is 7.64. The summed E-state index contributed by atoms with van der Waals surface area (Å²) in [6, 6.07) is 0. The molecule has 0 radical (unpaired) electrons. The monoisotopic (exact) mass is 213 g/mol. The summed E-state index contributed by atoms with van der Waals surface area (Å²) in [6.07, 6.45) is 0.844. The van der Waals surface area contributed by atoms with E-state index in [0.29, 0.717) is 6.61 Å². The van der Waals surface area contributed by atoms with Gasteiger partial charge >= 0.3 is 0 Å². The lowest BCUT2D eigenvalue weighted by Gasteiger charge is -2.10. The summed E-state index contributed by atoms with van der Waals surface area (Å²) in [7, 11) is 0. The van der Waals surface area contributed by atoms with Crippen molar-refractivity contribution in [2.45, 2.75) is 13.3 Å². The zero-order valence-corrected chi connectivity index (χ0v) is 8.56. The predicted octanol–water partition coefficient (Wildman–Crippen LogP) is -0.275. The molecular formula is C8H15N5O2. The first-order valence-corrected chi connectivity index (χ1v) is 4.57. The van der Waals surface area contributed by atoms with Crippen molar-refractivity contribution in [3.05, 3.63) is 0 Å². The highest BCUT2D eigenvalue weighted by molar-refractivity contribution is 5.58. The van der Waals surface area contributed by atoms with Crippen molar-refractivity contribution in [1.29, 1.82) is 0 Å². The Hall–Kier alpha value is -1.76. The molecule has 0 spiro atoms. The van der Waals surface area contributed by atoms with Crippen molar-refractivity contribution in [2.75, 3.05) is 24.8 Å². The zero-order chi connectivity index (χ0) is 11.3. The van der Waals surface area contributed by atoms with Crippen LogP contribution in [-0.2, 0) is 0 Å². The third kappa shape index (κ3) is 2.84. The molecule has 0 fully saturated rings. The summed E-state index contributed by atoms with van der Waals surface area (Å²) in [5.74, 6) is 0.419. The van der Waals surface area contributed by atoms with Crippen molar-refractivity contribution < 1.29 is 9.47 Å². The Kier molecular flexibility index (Phi) is 3.92. The smallest absolute Gasteiger partial charge is 0.247 e. The third-order valence-corrected chi connectivity index (χ3v) is 1.56. The number of anilines is 2. The van der Waals surface area contributed by atoms with Crippen molar-refractivity contribution >= 4 is 11.6 Å². The molecule has 0 amide bonds. The molecule has 0 bridgehead atoms. The SMILES string of the molecule is CCCOc1nc(N)nc(OCN)c1N. The van der Waals surface area contributed by atoms with Crippen LogP contribution in [0.15, 0.2) is 0 Å². The summed E-state index contributed by atoms with van der Waals surface area (Å²) in [6.45, 7) is 2.44. The number of aromatic nitrogens is 2. The van der Waals surface area contributed by atoms with Gasteiger partial charge in [0.25, 0.3) is 0 Å². The second-order valence-electron chi connectivity index (χ2n) is 2.77. The van der Waals surface area contributed by atoms with Gasteiger partial charge in [-0.15, -0.1) is 0 Å². The Morgan fingerprint density at radius 3 is 2.27 bits per heavy atom. The standard InChI is InChI=1S/C8H15N5O2/c1-2-3-14-6-5(10)7(15-4-9)13-8(11)12-6/h2-4,9-10H2,1H3,(H2,11,12,13). The van der Waals surface area contributed by atoms with Crippen molar-refractivity contribution in [3.8, 4) is 11.8 Å². The van der Waals surface area contributed by atoms with Crippen molar-refractivity contribution in [3.63, 3.8) is 0 Å². The number of nitrogens with zero attached hydrogens (tertiary/aromatic N) is 2. The number of nitrogen functional groups attached to an aromatic ring is 2. The molecular weight excluding hydrogens is 198 g/mol. The van der Waals surface area contributed by atoms with Gasteiger partial charge in [-0.1, -0.05) is 6.92 Å². The van der Waals surface area contributed by atoms with Crippen molar-refractivity contribution in [1.82, 2.24) is 9.97 Å². The maximum Gasteiger partial charge on any atom is 0.247 e. The largest absolute Gasteiger partial charge is 0.476 e. The average molecular weight is 213 g/mol. The Balaban J connectivity index is 2.93. The van der Waals surface area contributed by atoms with E-state index in [-0.39, 0.29) is 30.1 Å². The lowest BCUT2D eigenvalue weighted by Crippen LogP contribution is -2.13. The lowest BCUT2D eigenvalue weighted by atomic mass is 10.5. The van der Waals surface area contributed by atoms with Gasteiger partial charge < -0.3 is 20.9 Å². The van der Waals surface area contributed by atoms with Crippen LogP contribution in [0.25, 0.3) is 0 Å². The minimum absolute atomic E-state index is 0.0339. The maximum atomic E-state index is 5.69. The molecule has 1 rings (SSSR count). The molecule has 6 N–H and O–H groups in total. The van der Waals surface area contributed by atoms with E-state index in [9.17, 15) is 0 Å². The molecule has 7 nitrogen and oxygen atoms in total. The molecule has 1 aromatic heterocycles. The predicted molar refractivity (Wildman–Crippen MR) is 56.3 cm³/mol. The van der Waals surface area contributed by atoms with Crippen LogP contribution in [0.2, 0.25) is 0 Å². The quantitative estimate of drug-likeness (QED) is 0.575. The van der Waals surface area contributed by atoms with Crippen molar-refractivity contribution in [2.24, 2.45) is 5.73 Å². The molecule has 1 heterocycles. The van der Waals surface area contributed by atoms with Crippen LogP contribution >= 0.6 is 0 Å². The summed E-state index contributed by atoms with van der Waals surface area (Å²) >= 11 is 0. The first-order valence-electron chi connectivity index (χ1n) is 4.57. The molecule has 7 heteroatoms. The molecule has 0 saturated heterocycles. The van der Waals surface area contributed by atoms with Crippen LogP contribution in [-0.4, -0.2) is 23.3 Å². The number of nitrogens with two attached hydrogens (primary N) is 3. The zero-order valence-electron chi connectivity index (χ0n) is 8.56. The minimum atomic E-state index is -0.0339. The van der Waals surface area contributed by atoms with Crippen LogP contribution in [0.3, 0.4) is 0 Å².